The Morgan fingerprint density at radius 3 is 2.61 bits per heavy atom. The Bertz CT molecular complexity index is 868. The van der Waals surface area contributed by atoms with Gasteiger partial charge in [-0.15, -0.1) is 0 Å². The van der Waals surface area contributed by atoms with Crippen LogP contribution in [0.3, 0.4) is 0 Å². The number of rotatable bonds is 3. The van der Waals surface area contributed by atoms with Gasteiger partial charge in [-0.2, -0.15) is 0 Å². The Labute approximate surface area is 140 Å². The molecule has 0 aliphatic carbocycles. The molecule has 0 fully saturated rings. The van der Waals surface area contributed by atoms with Crippen molar-refractivity contribution in [2.45, 2.75) is 26.8 Å². The van der Waals surface area contributed by atoms with Crippen LogP contribution in [0.2, 0.25) is 5.02 Å². The second-order valence-corrected chi connectivity index (χ2v) is 6.16. The number of hydrogen-bond donors (Lipinski definition) is 1. The minimum atomic E-state index is -0.138. The first-order chi connectivity index (χ1) is 11.0. The van der Waals surface area contributed by atoms with E-state index in [1.165, 1.54) is 0 Å². The molecule has 4 nitrogen and oxygen atoms in total. The number of nitrogens with zero attached hydrogens (tertiary/aromatic N) is 2. The summed E-state index contributed by atoms with van der Waals surface area (Å²) < 4.78 is 1.83. The van der Waals surface area contributed by atoms with Crippen LogP contribution in [0.15, 0.2) is 42.6 Å². The largest absolute Gasteiger partial charge is 0.344 e. The van der Waals surface area contributed by atoms with E-state index in [1.54, 1.807) is 0 Å². The number of fused-ring (bicyclic) bond motifs is 1. The molecule has 23 heavy (non-hydrogen) atoms. The molecule has 0 radical (unpaired) electrons. The van der Waals surface area contributed by atoms with Crippen molar-refractivity contribution in [1.29, 1.82) is 0 Å². The summed E-state index contributed by atoms with van der Waals surface area (Å²) in [5.41, 5.74) is 4.19. The fourth-order valence-electron chi connectivity index (χ4n) is 2.64. The number of carbonyl (C=O) groups is 1. The highest BCUT2D eigenvalue weighted by Crippen LogP contribution is 2.18. The third kappa shape index (κ3) is 3.08. The van der Waals surface area contributed by atoms with Crippen molar-refractivity contribution in [3.63, 3.8) is 0 Å². The number of halogens is 1. The molecule has 0 saturated carbocycles. The molecule has 0 spiro atoms. The van der Waals surface area contributed by atoms with E-state index in [-0.39, 0.29) is 11.9 Å². The Morgan fingerprint density at radius 2 is 1.91 bits per heavy atom. The Hall–Kier alpha value is -2.33. The van der Waals surface area contributed by atoms with Gasteiger partial charge in [-0.25, -0.2) is 4.98 Å². The maximum Gasteiger partial charge on any atom is 0.270 e. The lowest BCUT2D eigenvalue weighted by Crippen LogP contribution is -2.28. The molecule has 1 amide bonds. The van der Waals surface area contributed by atoms with E-state index in [2.05, 4.69) is 10.3 Å². The molecule has 3 rings (SSSR count). The number of nitrogens with one attached hydrogen (secondary N) is 1. The standard InChI is InChI=1S/C18H18ClN3O/c1-11-8-9-22-16(10-11)20-13(3)17(22)18(23)21-12(2)14-4-6-15(19)7-5-14/h4-10,12H,1-3H3,(H,21,23). The molecule has 1 N–H and O–H groups in total. The Morgan fingerprint density at radius 1 is 1.22 bits per heavy atom. The van der Waals surface area contributed by atoms with Crippen LogP contribution >= 0.6 is 11.6 Å². The fourth-order valence-corrected chi connectivity index (χ4v) is 2.76. The molecule has 0 aliphatic heterocycles. The summed E-state index contributed by atoms with van der Waals surface area (Å²) >= 11 is 5.90. The molecule has 2 heterocycles. The van der Waals surface area contributed by atoms with Crippen LogP contribution in [0.5, 0.6) is 0 Å². The third-order valence-electron chi connectivity index (χ3n) is 3.89. The molecule has 0 bridgehead atoms. The van der Waals surface area contributed by atoms with Gasteiger partial charge in [-0.1, -0.05) is 23.7 Å². The highest BCUT2D eigenvalue weighted by atomic mass is 35.5. The second-order valence-electron chi connectivity index (χ2n) is 5.72. The van der Waals surface area contributed by atoms with Crippen LogP contribution in [-0.4, -0.2) is 15.3 Å². The Balaban J connectivity index is 1.88. The molecule has 2 aromatic heterocycles. The lowest BCUT2D eigenvalue weighted by molar-refractivity contribution is 0.0933. The molecule has 1 atom stereocenters. The lowest BCUT2D eigenvalue weighted by Gasteiger charge is -2.14. The molecule has 0 aliphatic rings. The fraction of sp³-hybridized carbons (Fsp3) is 0.222. The topological polar surface area (TPSA) is 46.4 Å². The molecule has 1 aromatic carbocycles. The number of aryl methyl sites for hydroxylation is 2. The van der Waals surface area contributed by atoms with Gasteiger partial charge in [0.1, 0.15) is 11.3 Å². The monoisotopic (exact) mass is 327 g/mol. The van der Waals surface area contributed by atoms with Crippen LogP contribution in [0.4, 0.5) is 0 Å². The summed E-state index contributed by atoms with van der Waals surface area (Å²) in [5.74, 6) is -0.138. The van der Waals surface area contributed by atoms with Crippen LogP contribution in [0, 0.1) is 13.8 Å². The van der Waals surface area contributed by atoms with Gasteiger partial charge in [0.05, 0.1) is 11.7 Å². The zero-order chi connectivity index (χ0) is 16.6. The first-order valence-corrected chi connectivity index (χ1v) is 7.85. The number of amides is 1. The summed E-state index contributed by atoms with van der Waals surface area (Å²) in [5, 5.41) is 3.70. The van der Waals surface area contributed by atoms with Crippen molar-refractivity contribution < 1.29 is 4.79 Å². The van der Waals surface area contributed by atoms with Crippen molar-refractivity contribution >= 4 is 23.2 Å². The normalized spacial score (nSPS) is 12.3. The maximum atomic E-state index is 12.7. The SMILES string of the molecule is Cc1ccn2c(C(=O)NC(C)c3ccc(Cl)cc3)c(C)nc2c1. The molecular weight excluding hydrogens is 310 g/mol. The van der Waals surface area contributed by atoms with Crippen molar-refractivity contribution in [1.82, 2.24) is 14.7 Å². The number of hydrogen-bond acceptors (Lipinski definition) is 2. The molecule has 1 unspecified atom stereocenters. The minimum Gasteiger partial charge on any atom is -0.344 e. The van der Waals surface area contributed by atoms with E-state index in [9.17, 15) is 4.79 Å². The summed E-state index contributed by atoms with van der Waals surface area (Å²) in [7, 11) is 0. The van der Waals surface area contributed by atoms with Crippen molar-refractivity contribution in [3.05, 3.63) is 70.1 Å². The number of aromatic nitrogens is 2. The predicted octanol–water partition coefficient (Wildman–Crippen LogP) is 4.10. The predicted molar refractivity (Wildman–Crippen MR) is 92.0 cm³/mol. The van der Waals surface area contributed by atoms with E-state index in [0.717, 1.165) is 22.5 Å². The summed E-state index contributed by atoms with van der Waals surface area (Å²) in [4.78, 5) is 17.1. The van der Waals surface area contributed by atoms with Crippen molar-refractivity contribution in [2.24, 2.45) is 0 Å². The molecule has 5 heteroatoms. The number of carbonyl (C=O) groups excluding carboxylic acids is 1. The minimum absolute atomic E-state index is 0.116. The maximum absolute atomic E-state index is 12.7. The van der Waals surface area contributed by atoms with E-state index in [0.29, 0.717) is 10.7 Å². The van der Waals surface area contributed by atoms with Crippen LogP contribution < -0.4 is 5.32 Å². The van der Waals surface area contributed by atoms with Gasteiger partial charge in [0.15, 0.2) is 0 Å². The zero-order valence-corrected chi connectivity index (χ0v) is 14.1. The average molecular weight is 328 g/mol. The van der Waals surface area contributed by atoms with E-state index >= 15 is 0 Å². The van der Waals surface area contributed by atoms with Gasteiger partial charge in [-0.05, 0) is 56.2 Å². The van der Waals surface area contributed by atoms with Gasteiger partial charge in [0.2, 0.25) is 0 Å². The average Bonchev–Trinajstić information content (AvgIpc) is 2.82. The van der Waals surface area contributed by atoms with Crippen molar-refractivity contribution in [2.75, 3.05) is 0 Å². The van der Waals surface area contributed by atoms with Gasteiger partial charge >= 0.3 is 0 Å². The zero-order valence-electron chi connectivity index (χ0n) is 13.3. The van der Waals surface area contributed by atoms with Gasteiger partial charge in [0.25, 0.3) is 5.91 Å². The molecular formula is C18H18ClN3O. The number of pyridine rings is 1. The van der Waals surface area contributed by atoms with Crippen LogP contribution in [0.1, 0.15) is 40.3 Å². The van der Waals surface area contributed by atoms with Gasteiger partial charge in [-0.3, -0.25) is 9.20 Å². The van der Waals surface area contributed by atoms with E-state index in [1.807, 2.05) is 67.8 Å². The van der Waals surface area contributed by atoms with Gasteiger partial charge in [0, 0.05) is 11.2 Å². The summed E-state index contributed by atoms with van der Waals surface area (Å²) in [6, 6.07) is 11.3. The number of benzene rings is 1. The van der Waals surface area contributed by atoms with Gasteiger partial charge < -0.3 is 5.32 Å². The van der Waals surface area contributed by atoms with Crippen LogP contribution in [0.25, 0.3) is 5.65 Å². The summed E-state index contributed by atoms with van der Waals surface area (Å²) in [6.45, 7) is 5.81. The third-order valence-corrected chi connectivity index (χ3v) is 4.14. The first-order valence-electron chi connectivity index (χ1n) is 7.47. The van der Waals surface area contributed by atoms with Crippen LogP contribution in [-0.2, 0) is 0 Å². The van der Waals surface area contributed by atoms with Crippen molar-refractivity contribution in [3.8, 4) is 0 Å². The second kappa shape index (κ2) is 6.05. The smallest absolute Gasteiger partial charge is 0.270 e. The number of imidazole rings is 1. The molecule has 118 valence electrons. The highest BCUT2D eigenvalue weighted by Gasteiger charge is 2.18. The molecule has 0 saturated heterocycles. The quantitative estimate of drug-likeness (QED) is 0.787. The van der Waals surface area contributed by atoms with E-state index in [4.69, 9.17) is 11.6 Å². The Kier molecular flexibility index (Phi) is 4.09. The summed E-state index contributed by atoms with van der Waals surface area (Å²) in [6.07, 6.45) is 1.88. The first kappa shape index (κ1) is 15.6. The highest BCUT2D eigenvalue weighted by molar-refractivity contribution is 6.30. The van der Waals surface area contributed by atoms with E-state index < -0.39 is 0 Å². The lowest BCUT2D eigenvalue weighted by atomic mass is 10.1. The molecule has 3 aromatic rings.